The summed E-state index contributed by atoms with van der Waals surface area (Å²) in [5.41, 5.74) is 3.12. The first-order valence-corrected chi connectivity index (χ1v) is 7.39. The van der Waals surface area contributed by atoms with E-state index in [0.717, 1.165) is 21.2 Å². The fourth-order valence-corrected chi connectivity index (χ4v) is 3.21. The average molecular weight is 317 g/mol. The summed E-state index contributed by atoms with van der Waals surface area (Å²) in [4.78, 5) is 16.0. The second-order valence-corrected chi connectivity index (χ2v) is 5.95. The molecule has 0 aliphatic rings. The first-order chi connectivity index (χ1) is 10.2. The number of imidazole rings is 1. The zero-order chi connectivity index (χ0) is 14.4. The summed E-state index contributed by atoms with van der Waals surface area (Å²) in [6.07, 6.45) is 1.45. The Bertz CT molecular complexity index is 960. The summed E-state index contributed by atoms with van der Waals surface area (Å²) in [6, 6.07) is 7.84. The van der Waals surface area contributed by atoms with E-state index in [9.17, 15) is 0 Å². The highest BCUT2D eigenvalue weighted by molar-refractivity contribution is 7.99. The molecule has 0 saturated carbocycles. The van der Waals surface area contributed by atoms with Crippen LogP contribution in [0.4, 0.5) is 0 Å². The van der Waals surface area contributed by atoms with Crippen LogP contribution >= 0.6 is 23.4 Å². The summed E-state index contributed by atoms with van der Waals surface area (Å²) in [7, 11) is 0. The lowest BCUT2D eigenvalue weighted by Crippen LogP contribution is -1.95. The van der Waals surface area contributed by atoms with Crippen LogP contribution in [0, 0.1) is 6.92 Å². The van der Waals surface area contributed by atoms with E-state index in [2.05, 4.69) is 38.0 Å². The number of halogens is 1. The molecule has 0 aliphatic heterocycles. The van der Waals surface area contributed by atoms with Gasteiger partial charge in [0.2, 0.25) is 0 Å². The minimum atomic E-state index is 0.380. The number of aromatic nitrogens is 6. The van der Waals surface area contributed by atoms with Crippen molar-refractivity contribution in [2.24, 2.45) is 0 Å². The second-order valence-electron chi connectivity index (χ2n) is 4.55. The Balaban J connectivity index is 1.80. The Morgan fingerprint density at radius 1 is 1.24 bits per heavy atom. The number of nitrogens with zero attached hydrogens (tertiary/aromatic N) is 5. The van der Waals surface area contributed by atoms with Crippen molar-refractivity contribution in [2.45, 2.75) is 17.1 Å². The summed E-state index contributed by atoms with van der Waals surface area (Å²) in [5, 5.41) is 6.10. The molecule has 0 saturated heterocycles. The average Bonchev–Trinajstić information content (AvgIpc) is 3.03. The van der Waals surface area contributed by atoms with Crippen LogP contribution in [0.1, 0.15) is 5.56 Å². The van der Waals surface area contributed by atoms with Crippen molar-refractivity contribution in [3.63, 3.8) is 0 Å². The molecule has 0 atom stereocenters. The maximum absolute atomic E-state index is 6.01. The van der Waals surface area contributed by atoms with Crippen LogP contribution in [-0.2, 0) is 0 Å². The van der Waals surface area contributed by atoms with Gasteiger partial charge < -0.3 is 4.98 Å². The zero-order valence-electron chi connectivity index (χ0n) is 10.9. The van der Waals surface area contributed by atoms with Gasteiger partial charge in [0.1, 0.15) is 16.5 Å². The molecular weight excluding hydrogens is 308 g/mol. The van der Waals surface area contributed by atoms with Crippen LogP contribution in [0.5, 0.6) is 0 Å². The number of nitrogens with one attached hydrogen (secondary N) is 1. The molecule has 0 spiro atoms. The summed E-state index contributed by atoms with van der Waals surface area (Å²) in [5.74, 6) is 0.469. The molecule has 0 amide bonds. The lowest BCUT2D eigenvalue weighted by atomic mass is 10.2. The Morgan fingerprint density at radius 2 is 2.14 bits per heavy atom. The van der Waals surface area contributed by atoms with Crippen molar-refractivity contribution < 1.29 is 0 Å². The number of fused-ring (bicyclic) bond motifs is 2. The van der Waals surface area contributed by atoms with Gasteiger partial charge in [0.15, 0.2) is 5.16 Å². The van der Waals surface area contributed by atoms with E-state index in [0.29, 0.717) is 10.9 Å². The quantitative estimate of drug-likeness (QED) is 0.575. The highest BCUT2D eigenvalue weighted by Crippen LogP contribution is 2.28. The lowest BCUT2D eigenvalue weighted by molar-refractivity contribution is 0.839. The van der Waals surface area contributed by atoms with Crippen molar-refractivity contribution in [3.05, 3.63) is 41.3 Å². The van der Waals surface area contributed by atoms with Crippen LogP contribution in [0.15, 0.2) is 40.8 Å². The van der Waals surface area contributed by atoms with Crippen LogP contribution in [0.3, 0.4) is 0 Å². The van der Waals surface area contributed by atoms with E-state index in [4.69, 9.17) is 11.6 Å². The third-order valence-corrected chi connectivity index (χ3v) is 4.09. The summed E-state index contributed by atoms with van der Waals surface area (Å²) >= 11 is 7.45. The van der Waals surface area contributed by atoms with Crippen molar-refractivity contribution in [3.8, 4) is 0 Å². The van der Waals surface area contributed by atoms with Gasteiger partial charge in [0.05, 0.1) is 11.0 Å². The predicted molar refractivity (Wildman–Crippen MR) is 80.7 cm³/mol. The molecule has 0 bridgehead atoms. The zero-order valence-corrected chi connectivity index (χ0v) is 12.5. The Morgan fingerprint density at radius 3 is 3.05 bits per heavy atom. The Kier molecular flexibility index (Phi) is 2.83. The van der Waals surface area contributed by atoms with Gasteiger partial charge in [-0.25, -0.2) is 4.98 Å². The maximum atomic E-state index is 6.01. The maximum Gasteiger partial charge on any atom is 0.254 e. The highest BCUT2D eigenvalue weighted by atomic mass is 35.5. The predicted octanol–water partition coefficient (Wildman–Crippen LogP) is 3.11. The topological polar surface area (TPSA) is 71.8 Å². The largest absolute Gasteiger partial charge is 0.333 e. The van der Waals surface area contributed by atoms with E-state index in [1.54, 1.807) is 10.6 Å². The van der Waals surface area contributed by atoms with Gasteiger partial charge in [-0.1, -0.05) is 17.7 Å². The number of hydrogen-bond acceptors (Lipinski definition) is 5. The molecule has 0 unspecified atom stereocenters. The minimum absolute atomic E-state index is 0.380. The Hall–Kier alpha value is -2.12. The molecule has 21 heavy (non-hydrogen) atoms. The molecule has 0 fully saturated rings. The van der Waals surface area contributed by atoms with Crippen molar-refractivity contribution in [2.75, 3.05) is 0 Å². The standard InChI is InChI=1S/C13H9ClN6S/c1-7-2-3-8-9(4-7)18-13(17-8)21-11-5-10(14)19-12-15-6-16-20(11)12/h2-6H,1H3,(H,17,18). The van der Waals surface area contributed by atoms with Gasteiger partial charge in [-0.3, -0.25) is 0 Å². The normalized spacial score (nSPS) is 11.5. The van der Waals surface area contributed by atoms with Crippen molar-refractivity contribution in [1.82, 2.24) is 29.5 Å². The smallest absolute Gasteiger partial charge is 0.254 e. The fourth-order valence-electron chi connectivity index (χ4n) is 2.08. The van der Waals surface area contributed by atoms with Crippen LogP contribution in [0.2, 0.25) is 5.15 Å². The van der Waals surface area contributed by atoms with E-state index < -0.39 is 0 Å². The molecule has 0 radical (unpaired) electrons. The van der Waals surface area contributed by atoms with E-state index >= 15 is 0 Å². The fraction of sp³-hybridized carbons (Fsp3) is 0.0769. The van der Waals surface area contributed by atoms with Gasteiger partial charge in [-0.2, -0.15) is 19.6 Å². The second kappa shape index (κ2) is 4.71. The van der Waals surface area contributed by atoms with Crippen LogP contribution in [0.25, 0.3) is 16.8 Å². The van der Waals surface area contributed by atoms with Gasteiger partial charge in [0.25, 0.3) is 5.78 Å². The molecule has 4 rings (SSSR count). The molecule has 8 heteroatoms. The van der Waals surface area contributed by atoms with Gasteiger partial charge >= 0.3 is 0 Å². The van der Waals surface area contributed by atoms with Crippen LogP contribution in [-0.4, -0.2) is 29.5 Å². The Labute approximate surface area is 128 Å². The molecular formula is C13H9ClN6S. The number of benzene rings is 1. The molecule has 1 aromatic carbocycles. The molecule has 3 heterocycles. The van der Waals surface area contributed by atoms with E-state index in [1.807, 2.05) is 12.1 Å². The molecule has 4 aromatic rings. The molecule has 6 nitrogen and oxygen atoms in total. The number of aryl methyl sites for hydroxylation is 1. The van der Waals surface area contributed by atoms with Crippen LogP contribution < -0.4 is 0 Å². The van der Waals surface area contributed by atoms with Crippen molar-refractivity contribution in [1.29, 1.82) is 0 Å². The lowest BCUT2D eigenvalue weighted by Gasteiger charge is -2.01. The van der Waals surface area contributed by atoms with Gasteiger partial charge in [-0.15, -0.1) is 0 Å². The first-order valence-electron chi connectivity index (χ1n) is 6.19. The van der Waals surface area contributed by atoms with E-state index in [1.165, 1.54) is 23.7 Å². The summed E-state index contributed by atoms with van der Waals surface area (Å²) < 4.78 is 1.63. The monoisotopic (exact) mass is 316 g/mol. The van der Waals surface area contributed by atoms with E-state index in [-0.39, 0.29) is 0 Å². The van der Waals surface area contributed by atoms with Gasteiger partial charge in [0, 0.05) is 6.07 Å². The highest BCUT2D eigenvalue weighted by Gasteiger charge is 2.11. The molecule has 104 valence electrons. The first kappa shape index (κ1) is 12.6. The molecule has 0 aliphatic carbocycles. The number of rotatable bonds is 2. The SMILES string of the molecule is Cc1ccc2nc(Sc3cc(Cl)nc4ncnn34)[nH]c2c1. The third-order valence-electron chi connectivity index (χ3n) is 3.00. The number of H-pyrrole nitrogens is 1. The summed E-state index contributed by atoms with van der Waals surface area (Å²) in [6.45, 7) is 2.05. The molecule has 3 aromatic heterocycles. The minimum Gasteiger partial charge on any atom is -0.333 e. The van der Waals surface area contributed by atoms with Gasteiger partial charge in [-0.05, 0) is 36.4 Å². The number of aromatic amines is 1. The molecule has 1 N–H and O–H groups in total. The third kappa shape index (κ3) is 2.24. The number of hydrogen-bond donors (Lipinski definition) is 1. The van der Waals surface area contributed by atoms with Crippen molar-refractivity contribution >= 4 is 40.2 Å².